The summed E-state index contributed by atoms with van der Waals surface area (Å²) >= 11 is 0. The van der Waals surface area contributed by atoms with Gasteiger partial charge in [-0.3, -0.25) is 9.48 Å². The average molecular weight is 389 g/mol. The van der Waals surface area contributed by atoms with Crippen LogP contribution < -0.4 is 10.6 Å². The van der Waals surface area contributed by atoms with Crippen LogP contribution in [0, 0.1) is 5.92 Å². The Balaban J connectivity index is 0.00000210. The number of carbonyl (C=O) groups excluding carboxylic acids is 1. The van der Waals surface area contributed by atoms with Crippen molar-refractivity contribution >= 4 is 18.3 Å². The molecule has 0 radical (unpaired) electrons. The molecular formula is C21H29ClN4O. The smallest absolute Gasteiger partial charge is 0.272 e. The number of carbonyl (C=O) groups is 1. The van der Waals surface area contributed by atoms with Crippen LogP contribution in [0.3, 0.4) is 0 Å². The van der Waals surface area contributed by atoms with Crippen LogP contribution in [0.1, 0.15) is 54.2 Å². The highest BCUT2D eigenvalue weighted by Crippen LogP contribution is 2.29. The molecule has 1 aliphatic carbocycles. The fourth-order valence-corrected chi connectivity index (χ4v) is 4.35. The Labute approximate surface area is 167 Å². The Morgan fingerprint density at radius 2 is 2.00 bits per heavy atom. The van der Waals surface area contributed by atoms with Gasteiger partial charge in [0.05, 0.1) is 6.04 Å². The van der Waals surface area contributed by atoms with Crippen molar-refractivity contribution < 1.29 is 4.79 Å². The van der Waals surface area contributed by atoms with E-state index in [0.29, 0.717) is 17.7 Å². The van der Waals surface area contributed by atoms with Crippen molar-refractivity contribution in [2.75, 3.05) is 13.1 Å². The number of rotatable bonds is 5. The molecule has 1 aromatic heterocycles. The molecule has 3 atom stereocenters. The van der Waals surface area contributed by atoms with Gasteiger partial charge in [-0.25, -0.2) is 0 Å². The van der Waals surface area contributed by atoms with E-state index in [4.69, 9.17) is 0 Å². The number of amides is 1. The van der Waals surface area contributed by atoms with Gasteiger partial charge in [-0.1, -0.05) is 36.8 Å². The summed E-state index contributed by atoms with van der Waals surface area (Å²) in [5.74, 6) is 0.489. The Morgan fingerprint density at radius 3 is 2.78 bits per heavy atom. The lowest BCUT2D eigenvalue weighted by Crippen LogP contribution is -2.38. The van der Waals surface area contributed by atoms with Gasteiger partial charge in [0.15, 0.2) is 0 Å². The molecular weight excluding hydrogens is 360 g/mol. The molecule has 3 unspecified atom stereocenters. The van der Waals surface area contributed by atoms with Gasteiger partial charge < -0.3 is 10.6 Å². The molecule has 1 aromatic carbocycles. The van der Waals surface area contributed by atoms with Gasteiger partial charge in [0.2, 0.25) is 0 Å². The van der Waals surface area contributed by atoms with Gasteiger partial charge >= 0.3 is 0 Å². The van der Waals surface area contributed by atoms with E-state index in [2.05, 4.69) is 46.1 Å². The topological polar surface area (TPSA) is 59.0 Å². The van der Waals surface area contributed by atoms with Crippen LogP contribution in [-0.2, 0) is 6.42 Å². The van der Waals surface area contributed by atoms with Crippen LogP contribution in [0.5, 0.6) is 0 Å². The Hall–Kier alpha value is -1.85. The summed E-state index contributed by atoms with van der Waals surface area (Å²) in [4.78, 5) is 12.7. The Bertz CT molecular complexity index is 727. The second-order valence-electron chi connectivity index (χ2n) is 7.64. The first-order valence-corrected chi connectivity index (χ1v) is 9.90. The molecule has 2 heterocycles. The van der Waals surface area contributed by atoms with E-state index >= 15 is 0 Å². The van der Waals surface area contributed by atoms with Crippen molar-refractivity contribution in [3.05, 3.63) is 53.9 Å². The molecule has 1 aliphatic heterocycles. The van der Waals surface area contributed by atoms with Crippen LogP contribution in [0.25, 0.3) is 0 Å². The highest BCUT2D eigenvalue weighted by atomic mass is 35.5. The van der Waals surface area contributed by atoms with Crippen molar-refractivity contribution in [1.82, 2.24) is 20.4 Å². The standard InChI is InChI=1S/C21H28N4O.ClH/c26-21(20-11-13-25(24-20)18-9-5-12-22-15-18)23-19-10-4-8-17(19)14-16-6-2-1-3-7-16;/h1-3,6-7,11,13,17-19,22H,4-5,8-10,12,14-15H2,(H,23,26);1H. The minimum Gasteiger partial charge on any atom is -0.348 e. The normalized spacial score (nSPS) is 25.0. The molecule has 4 rings (SSSR count). The molecule has 5 nitrogen and oxygen atoms in total. The molecule has 1 saturated heterocycles. The summed E-state index contributed by atoms with van der Waals surface area (Å²) in [5.41, 5.74) is 1.90. The molecule has 146 valence electrons. The van der Waals surface area contributed by atoms with Crippen molar-refractivity contribution in [3.63, 3.8) is 0 Å². The first-order valence-electron chi connectivity index (χ1n) is 9.90. The number of hydrogen-bond donors (Lipinski definition) is 2. The molecule has 6 heteroatoms. The lowest BCUT2D eigenvalue weighted by molar-refractivity contribution is 0.0921. The monoisotopic (exact) mass is 388 g/mol. The fraction of sp³-hybridized carbons (Fsp3) is 0.524. The lowest BCUT2D eigenvalue weighted by atomic mass is 9.94. The first-order chi connectivity index (χ1) is 12.8. The predicted octanol–water partition coefficient (Wildman–Crippen LogP) is 3.37. The number of nitrogens with one attached hydrogen (secondary N) is 2. The second-order valence-corrected chi connectivity index (χ2v) is 7.64. The number of aromatic nitrogens is 2. The number of piperidine rings is 1. The molecule has 27 heavy (non-hydrogen) atoms. The van der Waals surface area contributed by atoms with Gasteiger partial charge in [0.1, 0.15) is 5.69 Å². The summed E-state index contributed by atoms with van der Waals surface area (Å²) in [5, 5.41) is 11.2. The van der Waals surface area contributed by atoms with E-state index < -0.39 is 0 Å². The zero-order valence-corrected chi connectivity index (χ0v) is 16.5. The van der Waals surface area contributed by atoms with Crippen molar-refractivity contribution in [3.8, 4) is 0 Å². The Kier molecular flexibility index (Phi) is 6.91. The van der Waals surface area contributed by atoms with Crippen molar-refractivity contribution in [1.29, 1.82) is 0 Å². The molecule has 2 fully saturated rings. The maximum atomic E-state index is 12.7. The summed E-state index contributed by atoms with van der Waals surface area (Å²) in [6, 6.07) is 13.1. The van der Waals surface area contributed by atoms with E-state index in [9.17, 15) is 4.79 Å². The van der Waals surface area contributed by atoms with Gasteiger partial charge in [0.25, 0.3) is 5.91 Å². The van der Waals surface area contributed by atoms with Gasteiger partial charge in [0, 0.05) is 18.8 Å². The van der Waals surface area contributed by atoms with E-state index in [0.717, 1.165) is 38.8 Å². The zero-order chi connectivity index (χ0) is 17.8. The third-order valence-electron chi connectivity index (χ3n) is 5.80. The molecule has 1 saturated carbocycles. The fourth-order valence-electron chi connectivity index (χ4n) is 4.35. The van der Waals surface area contributed by atoms with E-state index in [1.54, 1.807) is 0 Å². The third kappa shape index (κ3) is 4.90. The van der Waals surface area contributed by atoms with Gasteiger partial charge in [-0.05, 0) is 56.2 Å². The summed E-state index contributed by atoms with van der Waals surface area (Å²) in [7, 11) is 0. The molecule has 2 N–H and O–H groups in total. The third-order valence-corrected chi connectivity index (χ3v) is 5.80. The highest BCUT2D eigenvalue weighted by Gasteiger charge is 2.29. The van der Waals surface area contributed by atoms with Crippen molar-refractivity contribution in [2.45, 2.75) is 50.6 Å². The number of halogens is 1. The molecule has 0 bridgehead atoms. The van der Waals surface area contributed by atoms with E-state index in [1.165, 1.54) is 18.4 Å². The van der Waals surface area contributed by atoms with Crippen LogP contribution in [0.15, 0.2) is 42.6 Å². The second kappa shape index (κ2) is 9.38. The summed E-state index contributed by atoms with van der Waals surface area (Å²) in [6.07, 6.45) is 8.70. The highest BCUT2D eigenvalue weighted by molar-refractivity contribution is 5.92. The molecule has 1 amide bonds. The quantitative estimate of drug-likeness (QED) is 0.825. The van der Waals surface area contributed by atoms with Crippen LogP contribution in [0.2, 0.25) is 0 Å². The van der Waals surface area contributed by atoms with Gasteiger partial charge in [-0.2, -0.15) is 5.10 Å². The minimum absolute atomic E-state index is 0. The number of hydrogen-bond acceptors (Lipinski definition) is 3. The molecule has 0 spiro atoms. The molecule has 2 aromatic rings. The van der Waals surface area contributed by atoms with Crippen LogP contribution in [-0.4, -0.2) is 34.8 Å². The SMILES string of the molecule is Cl.O=C(NC1CCCC1Cc1ccccc1)c1ccn(C2CCCNC2)n1. The predicted molar refractivity (Wildman–Crippen MR) is 109 cm³/mol. The van der Waals surface area contributed by atoms with Crippen LogP contribution >= 0.6 is 12.4 Å². The Morgan fingerprint density at radius 1 is 1.15 bits per heavy atom. The van der Waals surface area contributed by atoms with E-state index in [1.807, 2.05) is 16.9 Å². The van der Waals surface area contributed by atoms with E-state index in [-0.39, 0.29) is 24.4 Å². The lowest BCUT2D eigenvalue weighted by Gasteiger charge is -2.23. The average Bonchev–Trinajstić information content (AvgIpc) is 3.34. The summed E-state index contributed by atoms with van der Waals surface area (Å²) < 4.78 is 1.96. The number of nitrogens with zero attached hydrogens (tertiary/aromatic N) is 2. The summed E-state index contributed by atoms with van der Waals surface area (Å²) in [6.45, 7) is 2.01. The van der Waals surface area contributed by atoms with Crippen LogP contribution in [0.4, 0.5) is 0 Å². The largest absolute Gasteiger partial charge is 0.348 e. The van der Waals surface area contributed by atoms with Crippen molar-refractivity contribution in [2.24, 2.45) is 5.92 Å². The number of benzene rings is 1. The maximum Gasteiger partial charge on any atom is 0.272 e. The maximum absolute atomic E-state index is 12.7. The minimum atomic E-state index is -0.0301. The first kappa shape index (κ1) is 19.9. The van der Waals surface area contributed by atoms with Gasteiger partial charge in [-0.15, -0.1) is 12.4 Å². The molecule has 2 aliphatic rings. The zero-order valence-electron chi connectivity index (χ0n) is 15.6.